The third kappa shape index (κ3) is 6.37. The predicted molar refractivity (Wildman–Crippen MR) is 131 cm³/mol. The zero-order valence-electron chi connectivity index (χ0n) is 18.7. The van der Waals surface area contributed by atoms with Crippen molar-refractivity contribution in [1.29, 1.82) is 0 Å². The highest BCUT2D eigenvalue weighted by Gasteiger charge is 2.25. The minimum atomic E-state index is -0.530. The van der Waals surface area contributed by atoms with Crippen LogP contribution in [0.5, 0.6) is 0 Å². The molecule has 1 aliphatic rings. The van der Waals surface area contributed by atoms with Gasteiger partial charge in [0.1, 0.15) is 23.5 Å². The van der Waals surface area contributed by atoms with E-state index in [9.17, 15) is 4.79 Å². The number of piperazine rings is 1. The average molecular weight is 487 g/mol. The molecular formula is C22H27ClN8OS. The van der Waals surface area contributed by atoms with Crippen LogP contribution in [0, 0.1) is 13.8 Å². The fourth-order valence-electron chi connectivity index (χ4n) is 3.79. The van der Waals surface area contributed by atoms with E-state index < -0.39 is 11.9 Å². The molecule has 1 aromatic carbocycles. The normalized spacial score (nSPS) is 15.4. The maximum atomic E-state index is 12.1. The van der Waals surface area contributed by atoms with Crippen LogP contribution in [-0.4, -0.2) is 68.9 Å². The van der Waals surface area contributed by atoms with E-state index in [1.807, 2.05) is 44.2 Å². The Hall–Kier alpha value is -2.82. The van der Waals surface area contributed by atoms with Crippen molar-refractivity contribution < 1.29 is 4.79 Å². The van der Waals surface area contributed by atoms with Gasteiger partial charge < -0.3 is 16.0 Å². The molecule has 1 saturated heterocycles. The third-order valence-electron chi connectivity index (χ3n) is 5.45. The molecule has 1 atom stereocenters. The van der Waals surface area contributed by atoms with Gasteiger partial charge >= 0.3 is 0 Å². The Bertz CT molecular complexity index is 1080. The van der Waals surface area contributed by atoms with E-state index in [0.717, 1.165) is 53.4 Å². The molecule has 33 heavy (non-hydrogen) atoms. The van der Waals surface area contributed by atoms with Crippen molar-refractivity contribution in [2.75, 3.05) is 42.9 Å². The van der Waals surface area contributed by atoms with Crippen LogP contribution in [0.4, 0.5) is 10.9 Å². The number of nitrogens with two attached hydrogens (primary N) is 1. The molecule has 0 aliphatic carbocycles. The topological polar surface area (TPSA) is 113 Å². The summed E-state index contributed by atoms with van der Waals surface area (Å²) >= 11 is 7.38. The van der Waals surface area contributed by atoms with Crippen molar-refractivity contribution >= 4 is 40.0 Å². The summed E-state index contributed by atoms with van der Waals surface area (Å²) in [6.45, 7) is 7.47. The lowest BCUT2D eigenvalue weighted by Crippen LogP contribution is -2.52. The van der Waals surface area contributed by atoms with Crippen molar-refractivity contribution in [1.82, 2.24) is 24.2 Å². The molecule has 11 heteroatoms. The Balaban J connectivity index is 1.31. The van der Waals surface area contributed by atoms with Gasteiger partial charge in [-0.2, -0.15) is 4.37 Å². The van der Waals surface area contributed by atoms with Crippen molar-refractivity contribution in [3.05, 3.63) is 58.3 Å². The van der Waals surface area contributed by atoms with E-state index >= 15 is 0 Å². The second-order valence-electron chi connectivity index (χ2n) is 8.13. The number of rotatable bonds is 8. The van der Waals surface area contributed by atoms with Gasteiger partial charge in [-0.15, -0.1) is 0 Å². The molecule has 1 aliphatic heterocycles. The van der Waals surface area contributed by atoms with Crippen LogP contribution in [0.15, 0.2) is 30.3 Å². The number of amides is 1. The second kappa shape index (κ2) is 10.4. The molecule has 3 heterocycles. The van der Waals surface area contributed by atoms with Gasteiger partial charge in [0.2, 0.25) is 11.0 Å². The summed E-state index contributed by atoms with van der Waals surface area (Å²) in [6, 6.07) is 9.04. The van der Waals surface area contributed by atoms with Crippen molar-refractivity contribution in [2.24, 2.45) is 5.73 Å². The van der Waals surface area contributed by atoms with Gasteiger partial charge in [0, 0.05) is 67.5 Å². The first-order chi connectivity index (χ1) is 15.9. The van der Waals surface area contributed by atoms with Gasteiger partial charge in [-0.1, -0.05) is 23.7 Å². The number of carbonyl (C=O) groups is 1. The summed E-state index contributed by atoms with van der Waals surface area (Å²) in [7, 11) is 0. The molecule has 0 radical (unpaired) electrons. The van der Waals surface area contributed by atoms with E-state index in [4.69, 9.17) is 22.3 Å². The zero-order valence-corrected chi connectivity index (χ0v) is 20.2. The number of primary amides is 1. The highest BCUT2D eigenvalue weighted by atomic mass is 35.5. The first-order valence-electron chi connectivity index (χ1n) is 10.8. The molecule has 0 spiro atoms. The number of hydrogen-bond acceptors (Lipinski definition) is 9. The Morgan fingerprint density at radius 2 is 1.88 bits per heavy atom. The van der Waals surface area contributed by atoms with Gasteiger partial charge in [-0.3, -0.25) is 9.69 Å². The average Bonchev–Trinajstić information content (AvgIpc) is 3.23. The van der Waals surface area contributed by atoms with Crippen LogP contribution >= 0.6 is 23.1 Å². The summed E-state index contributed by atoms with van der Waals surface area (Å²) < 4.78 is 4.52. The van der Waals surface area contributed by atoms with Crippen LogP contribution in [0.3, 0.4) is 0 Å². The number of carbonyl (C=O) groups excluding carboxylic acids is 1. The Morgan fingerprint density at radius 1 is 1.15 bits per heavy atom. The number of anilines is 2. The SMILES string of the molecule is Cc1cc(NC(CN2CCN(c3nc(Cc4ccc(Cl)cc4)ns3)CC2)C(N)=O)nc(C)n1. The largest absolute Gasteiger partial charge is 0.368 e. The quantitative estimate of drug-likeness (QED) is 0.498. The van der Waals surface area contributed by atoms with E-state index in [2.05, 4.69) is 29.5 Å². The van der Waals surface area contributed by atoms with Crippen LogP contribution in [0.1, 0.15) is 22.9 Å². The molecule has 3 N–H and O–H groups in total. The van der Waals surface area contributed by atoms with Gasteiger partial charge in [-0.25, -0.2) is 15.0 Å². The molecule has 1 amide bonds. The number of aromatic nitrogens is 4. The second-order valence-corrected chi connectivity index (χ2v) is 9.29. The molecule has 174 valence electrons. The summed E-state index contributed by atoms with van der Waals surface area (Å²) in [6.07, 6.45) is 0.682. The molecule has 1 fully saturated rings. The fourth-order valence-corrected chi connectivity index (χ4v) is 4.65. The number of aryl methyl sites for hydroxylation is 2. The zero-order chi connectivity index (χ0) is 23.4. The molecule has 1 unspecified atom stereocenters. The van der Waals surface area contributed by atoms with Crippen LogP contribution in [0.2, 0.25) is 5.02 Å². The van der Waals surface area contributed by atoms with Crippen LogP contribution < -0.4 is 16.0 Å². The number of nitrogens with zero attached hydrogens (tertiary/aromatic N) is 6. The van der Waals surface area contributed by atoms with Crippen LogP contribution in [0.25, 0.3) is 0 Å². The monoisotopic (exact) mass is 486 g/mol. The lowest BCUT2D eigenvalue weighted by Gasteiger charge is -2.35. The molecule has 0 bridgehead atoms. The van der Waals surface area contributed by atoms with Gasteiger partial charge in [-0.05, 0) is 31.5 Å². The Kier molecular flexibility index (Phi) is 7.36. The highest BCUT2D eigenvalue weighted by Crippen LogP contribution is 2.21. The standard InChI is InChI=1S/C22H27ClN8OS/c1-14-11-19(26-15(2)25-14)27-18(21(24)32)13-30-7-9-31(10-8-30)22-28-20(29-33-22)12-16-3-5-17(23)6-4-16/h3-6,11,18H,7-10,12-13H2,1-2H3,(H2,24,32)(H,25,26,27). The first-order valence-corrected chi connectivity index (χ1v) is 11.9. The Morgan fingerprint density at radius 3 is 2.55 bits per heavy atom. The summed E-state index contributed by atoms with van der Waals surface area (Å²) in [5.41, 5.74) is 7.64. The third-order valence-corrected chi connectivity index (χ3v) is 6.51. The molecule has 2 aromatic heterocycles. The number of benzene rings is 1. The van der Waals surface area contributed by atoms with Crippen LogP contribution in [-0.2, 0) is 11.2 Å². The Labute approximate surface area is 202 Å². The molecule has 9 nitrogen and oxygen atoms in total. The van der Waals surface area contributed by atoms with E-state index in [1.165, 1.54) is 11.5 Å². The first kappa shape index (κ1) is 23.3. The molecular weight excluding hydrogens is 460 g/mol. The lowest BCUT2D eigenvalue weighted by molar-refractivity contribution is -0.119. The van der Waals surface area contributed by atoms with E-state index in [0.29, 0.717) is 24.6 Å². The van der Waals surface area contributed by atoms with E-state index in [-0.39, 0.29) is 0 Å². The summed E-state index contributed by atoms with van der Waals surface area (Å²) in [5, 5.41) is 4.82. The van der Waals surface area contributed by atoms with Crippen molar-refractivity contribution in [3.8, 4) is 0 Å². The van der Waals surface area contributed by atoms with Crippen molar-refractivity contribution in [3.63, 3.8) is 0 Å². The van der Waals surface area contributed by atoms with E-state index in [1.54, 1.807) is 0 Å². The fraction of sp³-hybridized carbons (Fsp3) is 0.409. The predicted octanol–water partition coefficient (Wildman–Crippen LogP) is 2.28. The number of hydrogen-bond donors (Lipinski definition) is 2. The lowest BCUT2D eigenvalue weighted by atomic mass is 10.1. The van der Waals surface area contributed by atoms with Gasteiger partial charge in [0.15, 0.2) is 0 Å². The summed E-state index contributed by atoms with van der Waals surface area (Å²) in [4.78, 5) is 29.9. The molecule has 0 saturated carbocycles. The molecule has 3 aromatic rings. The smallest absolute Gasteiger partial charge is 0.241 e. The summed E-state index contributed by atoms with van der Waals surface area (Å²) in [5.74, 6) is 1.68. The van der Waals surface area contributed by atoms with Gasteiger partial charge in [0.05, 0.1) is 0 Å². The minimum absolute atomic E-state index is 0.401. The maximum Gasteiger partial charge on any atom is 0.241 e. The van der Waals surface area contributed by atoms with Gasteiger partial charge in [0.25, 0.3) is 0 Å². The number of nitrogens with one attached hydrogen (secondary N) is 1. The maximum absolute atomic E-state index is 12.1. The minimum Gasteiger partial charge on any atom is -0.368 e. The number of halogens is 1. The highest BCUT2D eigenvalue weighted by molar-refractivity contribution is 7.09. The van der Waals surface area contributed by atoms with Crippen molar-refractivity contribution in [2.45, 2.75) is 26.3 Å². The molecule has 4 rings (SSSR count).